The van der Waals surface area contributed by atoms with Gasteiger partial charge in [0.2, 0.25) is 15.7 Å². The lowest BCUT2D eigenvalue weighted by Crippen LogP contribution is -2.14. The van der Waals surface area contributed by atoms with Gasteiger partial charge in [-0.15, -0.1) is 11.3 Å². The number of halogens is 1. The van der Waals surface area contributed by atoms with Crippen molar-refractivity contribution in [2.75, 3.05) is 16.8 Å². The van der Waals surface area contributed by atoms with E-state index in [4.69, 9.17) is 5.73 Å². The molecule has 1 amide bonds. The molecule has 0 aliphatic rings. The number of hydrogen-bond donors (Lipinski definition) is 2. The molecule has 0 aliphatic carbocycles. The van der Waals surface area contributed by atoms with E-state index in [0.29, 0.717) is 9.47 Å². The molecule has 7 nitrogen and oxygen atoms in total. The minimum Gasteiger partial charge on any atom is -0.382 e. The van der Waals surface area contributed by atoms with E-state index in [9.17, 15) is 13.2 Å². The van der Waals surface area contributed by atoms with Crippen LogP contribution < -0.4 is 11.1 Å². The summed E-state index contributed by atoms with van der Waals surface area (Å²) in [4.78, 5) is 19.8. The standard InChI is InChI=1S/C16H13BrN4O3S3/c17-12-6-7-14(26-12)27(23,24)11-8-19-16(21-15(11)18)25-9-13(22)20-10-4-2-1-3-5-10/h1-8H,9H2,(H,20,22)(H2,18,19,21). The fourth-order valence-corrected chi connectivity index (χ4v) is 6.06. The zero-order chi connectivity index (χ0) is 19.4. The first-order chi connectivity index (χ1) is 12.9. The number of sulfone groups is 1. The summed E-state index contributed by atoms with van der Waals surface area (Å²) in [5.74, 6) is -0.313. The third-order valence-electron chi connectivity index (χ3n) is 3.25. The lowest BCUT2D eigenvalue weighted by Gasteiger charge is -2.07. The van der Waals surface area contributed by atoms with E-state index in [2.05, 4.69) is 31.2 Å². The topological polar surface area (TPSA) is 115 Å². The monoisotopic (exact) mass is 484 g/mol. The molecule has 3 rings (SSSR count). The fraction of sp³-hybridized carbons (Fsp3) is 0.0625. The second-order valence-corrected chi connectivity index (χ2v) is 10.7. The highest BCUT2D eigenvalue weighted by Crippen LogP contribution is 2.32. The van der Waals surface area contributed by atoms with Gasteiger partial charge in [0.1, 0.15) is 14.9 Å². The predicted molar refractivity (Wildman–Crippen MR) is 110 cm³/mol. The fourth-order valence-electron chi connectivity index (χ4n) is 2.04. The Morgan fingerprint density at radius 3 is 2.59 bits per heavy atom. The van der Waals surface area contributed by atoms with Crippen LogP contribution in [0.15, 0.2) is 66.7 Å². The van der Waals surface area contributed by atoms with E-state index in [0.717, 1.165) is 23.1 Å². The van der Waals surface area contributed by atoms with Gasteiger partial charge in [-0.3, -0.25) is 4.79 Å². The highest BCUT2D eigenvalue weighted by Gasteiger charge is 2.24. The van der Waals surface area contributed by atoms with E-state index in [1.807, 2.05) is 18.2 Å². The van der Waals surface area contributed by atoms with Crippen LogP contribution in [0.4, 0.5) is 11.5 Å². The van der Waals surface area contributed by atoms with Gasteiger partial charge in [-0.25, -0.2) is 18.4 Å². The summed E-state index contributed by atoms with van der Waals surface area (Å²) in [5, 5.41) is 2.96. The minimum atomic E-state index is -3.79. The van der Waals surface area contributed by atoms with E-state index in [1.165, 1.54) is 12.3 Å². The van der Waals surface area contributed by atoms with Crippen LogP contribution in [0.1, 0.15) is 0 Å². The largest absolute Gasteiger partial charge is 0.382 e. The molecule has 27 heavy (non-hydrogen) atoms. The molecule has 0 saturated heterocycles. The molecule has 0 unspecified atom stereocenters. The number of benzene rings is 1. The molecule has 1 aromatic carbocycles. The Bertz CT molecular complexity index is 1070. The predicted octanol–water partition coefficient (Wildman–Crippen LogP) is 3.45. The molecule has 0 bridgehead atoms. The van der Waals surface area contributed by atoms with E-state index < -0.39 is 9.84 Å². The number of hydrogen-bond acceptors (Lipinski definition) is 8. The molecular weight excluding hydrogens is 472 g/mol. The number of aromatic nitrogens is 2. The number of thioether (sulfide) groups is 1. The molecule has 2 heterocycles. The van der Waals surface area contributed by atoms with Crippen molar-refractivity contribution < 1.29 is 13.2 Å². The van der Waals surface area contributed by atoms with Crippen LogP contribution in [0.3, 0.4) is 0 Å². The SMILES string of the molecule is Nc1nc(SCC(=O)Nc2ccccc2)ncc1S(=O)(=O)c1ccc(Br)s1. The average Bonchev–Trinajstić information content (AvgIpc) is 3.08. The van der Waals surface area contributed by atoms with Crippen LogP contribution in [0, 0.1) is 0 Å². The second kappa shape index (κ2) is 8.38. The Morgan fingerprint density at radius 2 is 1.96 bits per heavy atom. The van der Waals surface area contributed by atoms with Crippen LogP contribution in [-0.4, -0.2) is 30.0 Å². The minimum absolute atomic E-state index is 0.0678. The number of thiophene rings is 1. The molecule has 0 aliphatic heterocycles. The number of nitrogens with zero attached hydrogens (tertiary/aromatic N) is 2. The van der Waals surface area contributed by atoms with Crippen LogP contribution in [-0.2, 0) is 14.6 Å². The Labute approximate surface area is 172 Å². The highest BCUT2D eigenvalue weighted by molar-refractivity contribution is 9.11. The molecule has 3 aromatic rings. The summed E-state index contributed by atoms with van der Waals surface area (Å²) in [5.41, 5.74) is 6.52. The Kier molecular flexibility index (Phi) is 6.15. The molecule has 0 saturated carbocycles. The molecule has 140 valence electrons. The third kappa shape index (κ3) is 4.86. The number of carbonyl (C=O) groups excluding carboxylic acids is 1. The van der Waals surface area contributed by atoms with Gasteiger partial charge in [-0.05, 0) is 40.2 Å². The summed E-state index contributed by atoms with van der Waals surface area (Å²) in [7, 11) is -3.79. The molecular formula is C16H13BrN4O3S3. The van der Waals surface area contributed by atoms with Crippen molar-refractivity contribution in [3.8, 4) is 0 Å². The lowest BCUT2D eigenvalue weighted by molar-refractivity contribution is -0.113. The van der Waals surface area contributed by atoms with Gasteiger partial charge >= 0.3 is 0 Å². The zero-order valence-electron chi connectivity index (χ0n) is 13.6. The smallest absolute Gasteiger partial charge is 0.234 e. The first kappa shape index (κ1) is 19.8. The maximum absolute atomic E-state index is 12.6. The number of para-hydroxylation sites is 1. The Morgan fingerprint density at radius 1 is 1.22 bits per heavy atom. The van der Waals surface area contributed by atoms with E-state index >= 15 is 0 Å². The Hall–Kier alpha value is -1.95. The molecule has 0 fully saturated rings. The summed E-state index contributed by atoms with van der Waals surface area (Å²) >= 11 is 5.38. The number of nitrogens with one attached hydrogen (secondary N) is 1. The van der Waals surface area contributed by atoms with E-state index in [1.54, 1.807) is 18.2 Å². The summed E-state index contributed by atoms with van der Waals surface area (Å²) < 4.78 is 26.1. The first-order valence-corrected chi connectivity index (χ1v) is 11.5. The van der Waals surface area contributed by atoms with Crippen molar-refractivity contribution >= 4 is 66.3 Å². The number of amides is 1. The van der Waals surface area contributed by atoms with Crippen LogP contribution in [0.2, 0.25) is 0 Å². The van der Waals surface area contributed by atoms with Crippen LogP contribution in [0.5, 0.6) is 0 Å². The van der Waals surface area contributed by atoms with Gasteiger partial charge in [0.15, 0.2) is 5.16 Å². The molecule has 2 aromatic heterocycles. The van der Waals surface area contributed by atoms with Crippen LogP contribution >= 0.6 is 39.0 Å². The molecule has 0 radical (unpaired) electrons. The first-order valence-electron chi connectivity index (χ1n) is 7.47. The van der Waals surface area contributed by atoms with Gasteiger partial charge in [0.05, 0.1) is 15.7 Å². The van der Waals surface area contributed by atoms with Gasteiger partial charge in [-0.1, -0.05) is 30.0 Å². The quantitative estimate of drug-likeness (QED) is 0.406. The highest BCUT2D eigenvalue weighted by atomic mass is 79.9. The van der Waals surface area contributed by atoms with Crippen molar-refractivity contribution in [2.24, 2.45) is 0 Å². The van der Waals surface area contributed by atoms with Crippen LogP contribution in [0.25, 0.3) is 0 Å². The number of nitrogen functional groups attached to an aromatic ring is 1. The van der Waals surface area contributed by atoms with Crippen molar-refractivity contribution in [2.45, 2.75) is 14.3 Å². The van der Waals surface area contributed by atoms with E-state index in [-0.39, 0.29) is 31.7 Å². The van der Waals surface area contributed by atoms with Gasteiger partial charge in [-0.2, -0.15) is 0 Å². The zero-order valence-corrected chi connectivity index (χ0v) is 17.7. The second-order valence-electron chi connectivity index (χ2n) is 5.17. The van der Waals surface area contributed by atoms with Crippen molar-refractivity contribution in [3.63, 3.8) is 0 Å². The van der Waals surface area contributed by atoms with Gasteiger partial charge in [0.25, 0.3) is 0 Å². The van der Waals surface area contributed by atoms with Gasteiger partial charge in [0, 0.05) is 5.69 Å². The summed E-state index contributed by atoms with van der Waals surface area (Å²) in [6, 6.07) is 12.2. The normalized spacial score (nSPS) is 11.3. The number of nitrogens with two attached hydrogens (primary N) is 1. The lowest BCUT2D eigenvalue weighted by atomic mass is 10.3. The number of rotatable bonds is 6. The third-order valence-corrected chi connectivity index (χ3v) is 8.00. The Balaban J connectivity index is 1.69. The van der Waals surface area contributed by atoms with Crippen molar-refractivity contribution in [1.29, 1.82) is 0 Å². The van der Waals surface area contributed by atoms with Crippen molar-refractivity contribution in [3.05, 3.63) is 52.4 Å². The maximum Gasteiger partial charge on any atom is 0.234 e. The van der Waals surface area contributed by atoms with Gasteiger partial charge < -0.3 is 11.1 Å². The molecule has 11 heteroatoms. The maximum atomic E-state index is 12.6. The molecule has 3 N–H and O–H groups in total. The number of anilines is 2. The molecule has 0 atom stereocenters. The van der Waals surface area contributed by atoms with Crippen molar-refractivity contribution in [1.82, 2.24) is 9.97 Å². The average molecular weight is 485 g/mol. The summed E-state index contributed by atoms with van der Waals surface area (Å²) in [6.45, 7) is 0. The summed E-state index contributed by atoms with van der Waals surface area (Å²) in [6.07, 6.45) is 1.17. The molecule has 0 spiro atoms. The number of carbonyl (C=O) groups is 1.